The minimum Gasteiger partial charge on any atom is -0.498 e. The Morgan fingerprint density at radius 3 is 3.15 bits per heavy atom. The second-order valence-electron chi connectivity index (χ2n) is 2.99. The highest BCUT2D eigenvalue weighted by atomic mass is 16.5. The van der Waals surface area contributed by atoms with Gasteiger partial charge in [0, 0.05) is 6.54 Å². The van der Waals surface area contributed by atoms with E-state index < -0.39 is 0 Å². The molecule has 0 saturated carbocycles. The predicted molar refractivity (Wildman–Crippen MR) is 51.1 cm³/mol. The zero-order valence-corrected chi connectivity index (χ0v) is 7.93. The van der Waals surface area contributed by atoms with Gasteiger partial charge in [-0.15, -0.1) is 6.58 Å². The molecule has 1 amide bonds. The molecule has 0 saturated heterocycles. The van der Waals surface area contributed by atoms with Crippen LogP contribution < -0.4 is 5.32 Å². The van der Waals surface area contributed by atoms with Crippen molar-refractivity contribution in [3.63, 3.8) is 0 Å². The van der Waals surface area contributed by atoms with E-state index in [0.29, 0.717) is 6.54 Å². The minimum absolute atomic E-state index is 0.0305. The van der Waals surface area contributed by atoms with Gasteiger partial charge in [-0.3, -0.25) is 4.79 Å². The van der Waals surface area contributed by atoms with Crippen LogP contribution in [0.4, 0.5) is 0 Å². The number of hydrogen-bond acceptors (Lipinski definition) is 2. The first kappa shape index (κ1) is 9.84. The number of allylic oxidation sites excluding steroid dienone is 1. The number of ether oxygens (including phenoxy) is 1. The average molecular weight is 181 g/mol. The molecule has 0 radical (unpaired) electrons. The van der Waals surface area contributed by atoms with Gasteiger partial charge in [0.1, 0.15) is 5.76 Å². The van der Waals surface area contributed by atoms with E-state index >= 15 is 0 Å². The fourth-order valence-corrected chi connectivity index (χ4v) is 1.28. The second kappa shape index (κ2) is 4.70. The normalized spacial score (nSPS) is 16.4. The van der Waals surface area contributed by atoms with Crippen LogP contribution in [0.1, 0.15) is 19.8 Å². The lowest BCUT2D eigenvalue weighted by Gasteiger charge is -2.17. The first-order valence-corrected chi connectivity index (χ1v) is 4.47. The van der Waals surface area contributed by atoms with Gasteiger partial charge in [0.05, 0.1) is 12.2 Å². The molecule has 0 spiro atoms. The summed E-state index contributed by atoms with van der Waals surface area (Å²) in [4.78, 5) is 11.5. The topological polar surface area (TPSA) is 38.3 Å². The third-order valence-electron chi connectivity index (χ3n) is 2.00. The van der Waals surface area contributed by atoms with Gasteiger partial charge in [0.15, 0.2) is 0 Å². The van der Waals surface area contributed by atoms with Crippen molar-refractivity contribution in [1.29, 1.82) is 0 Å². The molecule has 0 aliphatic carbocycles. The second-order valence-corrected chi connectivity index (χ2v) is 2.99. The van der Waals surface area contributed by atoms with Gasteiger partial charge in [-0.25, -0.2) is 0 Å². The Kier molecular flexibility index (Phi) is 3.55. The molecule has 0 aromatic heterocycles. The predicted octanol–water partition coefficient (Wildman–Crippen LogP) is 1.37. The maximum Gasteiger partial charge on any atom is 0.250 e. The Labute approximate surface area is 78.5 Å². The largest absolute Gasteiger partial charge is 0.498 e. The van der Waals surface area contributed by atoms with Crippen LogP contribution in [-0.4, -0.2) is 19.1 Å². The SMILES string of the molecule is C=CCNC(=O)C1=C(C)OCCC1. The summed E-state index contributed by atoms with van der Waals surface area (Å²) in [5.74, 6) is 0.727. The van der Waals surface area contributed by atoms with Crippen LogP contribution in [-0.2, 0) is 9.53 Å². The lowest BCUT2D eigenvalue weighted by Crippen LogP contribution is -2.27. The fourth-order valence-electron chi connectivity index (χ4n) is 1.28. The van der Waals surface area contributed by atoms with Crippen LogP contribution in [0.3, 0.4) is 0 Å². The van der Waals surface area contributed by atoms with Crippen molar-refractivity contribution in [2.45, 2.75) is 19.8 Å². The summed E-state index contributed by atoms with van der Waals surface area (Å²) in [6.07, 6.45) is 3.40. The van der Waals surface area contributed by atoms with Crippen LogP contribution >= 0.6 is 0 Å². The monoisotopic (exact) mass is 181 g/mol. The van der Waals surface area contributed by atoms with Gasteiger partial charge in [-0.1, -0.05) is 6.08 Å². The van der Waals surface area contributed by atoms with Gasteiger partial charge in [-0.2, -0.15) is 0 Å². The van der Waals surface area contributed by atoms with Crippen LogP contribution in [0.25, 0.3) is 0 Å². The molecule has 1 rings (SSSR count). The molecule has 0 atom stereocenters. The molecule has 3 nitrogen and oxygen atoms in total. The number of carbonyl (C=O) groups is 1. The van der Waals surface area contributed by atoms with Crippen LogP contribution in [0.2, 0.25) is 0 Å². The highest BCUT2D eigenvalue weighted by Crippen LogP contribution is 2.18. The van der Waals surface area contributed by atoms with Crippen LogP contribution in [0, 0.1) is 0 Å². The fraction of sp³-hybridized carbons (Fsp3) is 0.500. The lowest BCUT2D eigenvalue weighted by atomic mass is 10.1. The van der Waals surface area contributed by atoms with Crippen molar-refractivity contribution < 1.29 is 9.53 Å². The molecular formula is C10H15NO2. The van der Waals surface area contributed by atoms with Crippen molar-refractivity contribution in [3.8, 4) is 0 Å². The van der Waals surface area contributed by atoms with E-state index in [2.05, 4.69) is 11.9 Å². The minimum atomic E-state index is -0.0305. The molecule has 3 heteroatoms. The summed E-state index contributed by atoms with van der Waals surface area (Å²) in [6.45, 7) is 6.61. The molecule has 0 unspecified atom stereocenters. The summed E-state index contributed by atoms with van der Waals surface area (Å²) < 4.78 is 5.28. The van der Waals surface area contributed by atoms with Crippen molar-refractivity contribution in [2.24, 2.45) is 0 Å². The van der Waals surface area contributed by atoms with Crippen molar-refractivity contribution in [3.05, 3.63) is 24.0 Å². The Hall–Kier alpha value is -1.25. The Morgan fingerprint density at radius 1 is 1.77 bits per heavy atom. The molecule has 0 aromatic carbocycles. The first-order valence-electron chi connectivity index (χ1n) is 4.47. The molecule has 1 aliphatic heterocycles. The van der Waals surface area contributed by atoms with Crippen molar-refractivity contribution in [1.82, 2.24) is 5.32 Å². The third kappa shape index (κ3) is 2.61. The molecule has 1 aliphatic rings. The summed E-state index contributed by atoms with van der Waals surface area (Å²) >= 11 is 0. The number of rotatable bonds is 3. The van der Waals surface area contributed by atoms with E-state index in [9.17, 15) is 4.79 Å². The van der Waals surface area contributed by atoms with Crippen molar-refractivity contribution in [2.75, 3.05) is 13.2 Å². The molecule has 0 fully saturated rings. The van der Waals surface area contributed by atoms with E-state index in [1.807, 2.05) is 6.92 Å². The van der Waals surface area contributed by atoms with Gasteiger partial charge in [0.2, 0.25) is 0 Å². The molecule has 1 N–H and O–H groups in total. The maximum atomic E-state index is 11.5. The highest BCUT2D eigenvalue weighted by Gasteiger charge is 2.16. The first-order chi connectivity index (χ1) is 6.25. The average Bonchev–Trinajstić information content (AvgIpc) is 2.15. The zero-order valence-electron chi connectivity index (χ0n) is 7.93. The maximum absolute atomic E-state index is 11.5. The molecule has 72 valence electrons. The summed E-state index contributed by atoms with van der Waals surface area (Å²) in [7, 11) is 0. The summed E-state index contributed by atoms with van der Waals surface area (Å²) in [6, 6.07) is 0. The van der Waals surface area contributed by atoms with Gasteiger partial charge < -0.3 is 10.1 Å². The number of hydrogen-bond donors (Lipinski definition) is 1. The Balaban J connectivity index is 2.58. The highest BCUT2D eigenvalue weighted by molar-refractivity contribution is 5.93. The van der Waals surface area contributed by atoms with Gasteiger partial charge >= 0.3 is 0 Å². The molecule has 0 bridgehead atoms. The molecule has 0 aromatic rings. The molecule has 13 heavy (non-hydrogen) atoms. The number of amides is 1. The number of nitrogens with one attached hydrogen (secondary N) is 1. The quantitative estimate of drug-likeness (QED) is 0.668. The summed E-state index contributed by atoms with van der Waals surface area (Å²) in [5, 5.41) is 2.74. The van der Waals surface area contributed by atoms with E-state index in [1.165, 1.54) is 0 Å². The Morgan fingerprint density at radius 2 is 2.54 bits per heavy atom. The molecule has 1 heterocycles. The van der Waals surface area contributed by atoms with Crippen LogP contribution in [0.5, 0.6) is 0 Å². The van der Waals surface area contributed by atoms with E-state index in [4.69, 9.17) is 4.74 Å². The molecular weight excluding hydrogens is 166 g/mol. The number of carbonyl (C=O) groups excluding carboxylic acids is 1. The lowest BCUT2D eigenvalue weighted by molar-refractivity contribution is -0.117. The van der Waals surface area contributed by atoms with Crippen molar-refractivity contribution >= 4 is 5.91 Å². The van der Waals surface area contributed by atoms with E-state index in [-0.39, 0.29) is 5.91 Å². The van der Waals surface area contributed by atoms with Crippen LogP contribution in [0.15, 0.2) is 24.0 Å². The van der Waals surface area contributed by atoms with E-state index in [1.54, 1.807) is 6.08 Å². The smallest absolute Gasteiger partial charge is 0.250 e. The zero-order chi connectivity index (χ0) is 9.68. The van der Waals surface area contributed by atoms with Gasteiger partial charge in [-0.05, 0) is 19.8 Å². The van der Waals surface area contributed by atoms with Gasteiger partial charge in [0.25, 0.3) is 5.91 Å². The van der Waals surface area contributed by atoms with E-state index in [0.717, 1.165) is 30.8 Å². The summed E-state index contributed by atoms with van der Waals surface area (Å²) in [5.41, 5.74) is 0.771. The third-order valence-corrected chi connectivity index (χ3v) is 2.00. The Bertz CT molecular complexity index is 243. The standard InChI is InChI=1S/C10H15NO2/c1-3-6-11-10(12)9-5-4-7-13-8(9)2/h3H,1,4-7H2,2H3,(H,11,12).